The maximum Gasteiger partial charge on any atom is 0.387 e. The fourth-order valence-corrected chi connectivity index (χ4v) is 4.58. The van der Waals surface area contributed by atoms with E-state index in [1.807, 2.05) is 6.92 Å². The van der Waals surface area contributed by atoms with Crippen molar-refractivity contribution in [1.29, 1.82) is 0 Å². The average molecular weight is 455 g/mol. The molecule has 2 aromatic carbocycles. The highest BCUT2D eigenvalue weighted by Crippen LogP contribution is 2.29. The molecule has 0 amide bonds. The third-order valence-corrected chi connectivity index (χ3v) is 6.54. The van der Waals surface area contributed by atoms with E-state index in [4.69, 9.17) is 11.6 Å². The van der Waals surface area contributed by atoms with Gasteiger partial charge in [-0.1, -0.05) is 18.5 Å². The van der Waals surface area contributed by atoms with Crippen LogP contribution in [0.15, 0.2) is 52.3 Å². The minimum absolute atomic E-state index is 0.0135. The molecule has 0 bridgehead atoms. The largest absolute Gasteiger partial charge is 0.433 e. The van der Waals surface area contributed by atoms with E-state index in [0.29, 0.717) is 6.42 Å². The van der Waals surface area contributed by atoms with Crippen LogP contribution in [0.3, 0.4) is 0 Å². The maximum atomic E-state index is 12.4. The van der Waals surface area contributed by atoms with Gasteiger partial charge >= 0.3 is 6.61 Å². The van der Waals surface area contributed by atoms with Crippen molar-refractivity contribution in [3.05, 3.63) is 47.5 Å². The van der Waals surface area contributed by atoms with Gasteiger partial charge in [0.15, 0.2) is 0 Å². The molecule has 2 N–H and O–H groups in total. The molecule has 0 heterocycles. The number of halogens is 3. The third kappa shape index (κ3) is 5.77. The minimum atomic E-state index is -4.09. The molecule has 0 aromatic heterocycles. The fraction of sp³-hybridized carbons (Fsp3) is 0.250. The Bertz CT molecular complexity index is 1030. The summed E-state index contributed by atoms with van der Waals surface area (Å²) in [6, 6.07) is 8.11. The zero-order chi connectivity index (χ0) is 20.9. The molecule has 0 aliphatic heterocycles. The Labute approximate surface area is 166 Å². The van der Waals surface area contributed by atoms with E-state index in [-0.39, 0.29) is 32.8 Å². The Morgan fingerprint density at radius 2 is 1.61 bits per heavy atom. The van der Waals surface area contributed by atoms with Gasteiger partial charge in [-0.05, 0) is 48.9 Å². The maximum absolute atomic E-state index is 12.4. The SMILES string of the molecule is CCCNS(=O)(=O)c1ccc(NS(=O)(=O)c2ccc(OC(F)F)c(Cl)c2)cc1. The molecule has 0 aliphatic carbocycles. The molecule has 2 rings (SSSR count). The van der Waals surface area contributed by atoms with Crippen molar-refractivity contribution in [2.45, 2.75) is 29.7 Å². The van der Waals surface area contributed by atoms with E-state index in [2.05, 4.69) is 14.2 Å². The molecule has 0 spiro atoms. The first-order valence-electron chi connectivity index (χ1n) is 7.92. The molecule has 12 heteroatoms. The molecule has 0 unspecified atom stereocenters. The van der Waals surface area contributed by atoms with Gasteiger partial charge in [-0.25, -0.2) is 21.6 Å². The van der Waals surface area contributed by atoms with Gasteiger partial charge < -0.3 is 4.74 Å². The van der Waals surface area contributed by atoms with Gasteiger partial charge in [0, 0.05) is 12.2 Å². The van der Waals surface area contributed by atoms with Crippen LogP contribution in [0.4, 0.5) is 14.5 Å². The number of hydrogen-bond acceptors (Lipinski definition) is 5. The molecular formula is C16H17ClF2N2O5S2. The second kappa shape index (κ2) is 9.03. The predicted octanol–water partition coefficient (Wildman–Crippen LogP) is 3.43. The molecule has 0 fully saturated rings. The second-order valence-corrected chi connectivity index (χ2v) is 9.35. The number of hydrogen-bond donors (Lipinski definition) is 2. The van der Waals surface area contributed by atoms with Crippen molar-refractivity contribution in [3.8, 4) is 5.75 Å². The summed E-state index contributed by atoms with van der Waals surface area (Å²) in [5.74, 6) is -0.357. The van der Waals surface area contributed by atoms with Crippen molar-refractivity contribution in [2.75, 3.05) is 11.3 Å². The highest BCUT2D eigenvalue weighted by molar-refractivity contribution is 7.92. The first-order chi connectivity index (χ1) is 13.0. The van der Waals surface area contributed by atoms with Crippen LogP contribution >= 0.6 is 11.6 Å². The van der Waals surface area contributed by atoms with Gasteiger partial charge in [0.25, 0.3) is 10.0 Å². The summed E-state index contributed by atoms with van der Waals surface area (Å²) < 4.78 is 82.2. The van der Waals surface area contributed by atoms with Crippen LogP contribution < -0.4 is 14.2 Å². The zero-order valence-corrected chi connectivity index (χ0v) is 16.9. The Morgan fingerprint density at radius 1 is 1.00 bits per heavy atom. The Morgan fingerprint density at radius 3 is 2.14 bits per heavy atom. The van der Waals surface area contributed by atoms with Gasteiger partial charge in [0.2, 0.25) is 10.0 Å². The minimum Gasteiger partial charge on any atom is -0.433 e. The van der Waals surface area contributed by atoms with Crippen molar-refractivity contribution in [3.63, 3.8) is 0 Å². The topological polar surface area (TPSA) is 102 Å². The first-order valence-corrected chi connectivity index (χ1v) is 11.3. The highest BCUT2D eigenvalue weighted by Gasteiger charge is 2.19. The van der Waals surface area contributed by atoms with Gasteiger partial charge in [-0.15, -0.1) is 0 Å². The standard InChI is InChI=1S/C16H17ClF2N2O5S2/c1-2-9-20-27(22,23)12-5-3-11(4-6-12)21-28(24,25)13-7-8-15(14(17)10-13)26-16(18)19/h3-8,10,16,20-21H,2,9H2,1H3. The Kier molecular flexibility index (Phi) is 7.21. The van der Waals surface area contributed by atoms with Crippen LogP contribution in [-0.4, -0.2) is 30.0 Å². The second-order valence-electron chi connectivity index (χ2n) is 5.50. The Hall–Kier alpha value is -1.95. The van der Waals surface area contributed by atoms with Crippen molar-refractivity contribution in [1.82, 2.24) is 4.72 Å². The lowest BCUT2D eigenvalue weighted by molar-refractivity contribution is -0.0498. The molecule has 0 atom stereocenters. The summed E-state index contributed by atoms with van der Waals surface area (Å²) in [6.45, 7) is -0.999. The number of ether oxygens (including phenoxy) is 1. The summed E-state index contributed by atoms with van der Waals surface area (Å²) >= 11 is 5.77. The fourth-order valence-electron chi connectivity index (χ4n) is 2.08. The van der Waals surface area contributed by atoms with Crippen LogP contribution in [0.5, 0.6) is 5.75 Å². The normalized spacial score (nSPS) is 12.2. The molecule has 154 valence electrons. The third-order valence-electron chi connectivity index (χ3n) is 3.39. The molecular weight excluding hydrogens is 438 g/mol. The summed E-state index contributed by atoms with van der Waals surface area (Å²) in [4.78, 5) is -0.291. The summed E-state index contributed by atoms with van der Waals surface area (Å²) in [7, 11) is -7.76. The number of benzene rings is 2. The lowest BCUT2D eigenvalue weighted by Gasteiger charge is -2.11. The van der Waals surface area contributed by atoms with Crippen molar-refractivity contribution >= 4 is 37.3 Å². The van der Waals surface area contributed by atoms with E-state index >= 15 is 0 Å². The predicted molar refractivity (Wildman–Crippen MR) is 101 cm³/mol. The monoisotopic (exact) mass is 454 g/mol. The van der Waals surface area contributed by atoms with Gasteiger partial charge in [0.05, 0.1) is 14.8 Å². The van der Waals surface area contributed by atoms with Crippen LogP contribution in [0, 0.1) is 0 Å². The van der Waals surface area contributed by atoms with Gasteiger partial charge in [-0.3, -0.25) is 4.72 Å². The van der Waals surface area contributed by atoms with Crippen LogP contribution in [0.1, 0.15) is 13.3 Å². The number of rotatable bonds is 9. The van der Waals surface area contributed by atoms with Gasteiger partial charge in [-0.2, -0.15) is 8.78 Å². The molecule has 0 aliphatic rings. The molecule has 0 saturated carbocycles. The number of nitrogens with one attached hydrogen (secondary N) is 2. The number of anilines is 1. The van der Waals surface area contributed by atoms with E-state index in [1.54, 1.807) is 0 Å². The lowest BCUT2D eigenvalue weighted by Crippen LogP contribution is -2.24. The van der Waals surface area contributed by atoms with Crippen LogP contribution in [0.25, 0.3) is 0 Å². The molecule has 0 radical (unpaired) electrons. The quantitative estimate of drug-likeness (QED) is 0.604. The van der Waals surface area contributed by atoms with E-state index < -0.39 is 26.7 Å². The van der Waals surface area contributed by atoms with Crippen LogP contribution in [0.2, 0.25) is 5.02 Å². The molecule has 7 nitrogen and oxygen atoms in total. The van der Waals surface area contributed by atoms with E-state index in [9.17, 15) is 25.6 Å². The highest BCUT2D eigenvalue weighted by atomic mass is 35.5. The summed E-state index contributed by atoms with van der Waals surface area (Å²) in [6.07, 6.45) is 0.626. The van der Waals surface area contributed by atoms with Crippen LogP contribution in [-0.2, 0) is 20.0 Å². The molecule has 28 heavy (non-hydrogen) atoms. The smallest absolute Gasteiger partial charge is 0.387 e. The number of sulfonamides is 2. The summed E-state index contributed by atoms with van der Waals surface area (Å²) in [5, 5.41) is -0.299. The number of alkyl halides is 2. The van der Waals surface area contributed by atoms with E-state index in [1.165, 1.54) is 24.3 Å². The zero-order valence-electron chi connectivity index (χ0n) is 14.5. The van der Waals surface area contributed by atoms with Gasteiger partial charge in [0.1, 0.15) is 5.75 Å². The molecule has 2 aromatic rings. The summed E-state index contributed by atoms with van der Waals surface area (Å²) in [5.41, 5.74) is 0.110. The van der Waals surface area contributed by atoms with E-state index in [0.717, 1.165) is 18.2 Å². The van der Waals surface area contributed by atoms with Crippen molar-refractivity contribution in [2.24, 2.45) is 0 Å². The first kappa shape index (κ1) is 22.3. The molecule has 0 saturated heterocycles. The van der Waals surface area contributed by atoms with Crippen molar-refractivity contribution < 1.29 is 30.4 Å². The Balaban J connectivity index is 2.19. The average Bonchev–Trinajstić information content (AvgIpc) is 2.61. The lowest BCUT2D eigenvalue weighted by atomic mass is 10.3.